The van der Waals surface area contributed by atoms with Crippen molar-refractivity contribution >= 4 is 96.9 Å². The standard InChI is InChI=1S/C64H66Cl2N10O2/c1-42-35-49(74-57-37-51(65)53(67)39-58(57)73-48-17-9-7-10-18-48)29-30-55(42)69-31-13-3-5-15-33-71-63(77)46-25-21-44(22-26-46)45-23-27-47(28-24-45)64(78)72-34-16-6-4-14-32-70-56-41-62-59(36-43(56)2)75-60-38-52(66)54(68)40-61(60)76(62)50-19-11-8-12-20-50/h7-12,17-28,30,35-41,69,73H,3-6,13-16,29,31-34,67H2,1-2H3,(H4,68,70,71,72,77,78)/p+2. The van der Waals surface area contributed by atoms with Crippen molar-refractivity contribution in [2.75, 3.05) is 43.0 Å². The van der Waals surface area contributed by atoms with Gasteiger partial charge in [-0.15, -0.1) is 4.57 Å². The fourth-order valence-electron chi connectivity index (χ4n) is 9.72. The van der Waals surface area contributed by atoms with E-state index in [-0.39, 0.29) is 11.8 Å². The molecule has 2 amide bonds. The molecule has 0 aliphatic heterocycles. The monoisotopic (exact) mass is 1080 g/mol. The van der Waals surface area contributed by atoms with Crippen LogP contribution in [0.2, 0.25) is 10.0 Å². The minimum Gasteiger partial charge on any atom is -0.397 e. The van der Waals surface area contributed by atoms with Gasteiger partial charge in [0.2, 0.25) is 16.7 Å². The molecule has 0 spiro atoms. The van der Waals surface area contributed by atoms with Gasteiger partial charge in [-0.1, -0.05) is 116 Å². The number of fused-ring (bicyclic) bond motifs is 2. The Morgan fingerprint density at radius 2 is 1.15 bits per heavy atom. The average molecular weight is 1080 g/mol. The van der Waals surface area contributed by atoms with Gasteiger partial charge in [0.1, 0.15) is 22.4 Å². The van der Waals surface area contributed by atoms with E-state index in [1.807, 2.05) is 121 Å². The Morgan fingerprint density at radius 3 is 1.77 bits per heavy atom. The average Bonchev–Trinajstić information content (AvgIpc) is 3.60. The Balaban J connectivity index is 0.639. The third kappa shape index (κ3) is 14.1. The molecule has 0 atom stereocenters. The van der Waals surface area contributed by atoms with E-state index >= 15 is 0 Å². The molecule has 78 heavy (non-hydrogen) atoms. The number of benzene rings is 7. The zero-order valence-corrected chi connectivity index (χ0v) is 45.9. The molecule has 0 radical (unpaired) electrons. The highest BCUT2D eigenvalue weighted by atomic mass is 35.5. The van der Waals surface area contributed by atoms with Crippen LogP contribution in [0.4, 0.5) is 34.1 Å². The van der Waals surface area contributed by atoms with Crippen molar-refractivity contribution < 1.29 is 19.5 Å². The molecule has 8 aromatic rings. The fraction of sp³-hybridized carbons (Fsp3) is 0.234. The van der Waals surface area contributed by atoms with E-state index in [4.69, 9.17) is 44.6 Å². The number of nitrogens with two attached hydrogens (primary N) is 3. The van der Waals surface area contributed by atoms with Gasteiger partial charge in [0.15, 0.2) is 5.69 Å². The van der Waals surface area contributed by atoms with Gasteiger partial charge in [-0.05, 0) is 122 Å². The second-order valence-electron chi connectivity index (χ2n) is 19.9. The molecule has 0 unspecified atom stereocenters. The lowest BCUT2D eigenvalue weighted by Gasteiger charge is -2.17. The van der Waals surface area contributed by atoms with Crippen molar-refractivity contribution in [3.05, 3.63) is 196 Å². The smallest absolute Gasteiger partial charge is 0.251 e. The molecule has 1 aliphatic rings. The van der Waals surface area contributed by atoms with Crippen LogP contribution in [0.25, 0.3) is 38.9 Å². The predicted octanol–water partition coefficient (Wildman–Crippen LogP) is 12.9. The number of nitrogens with zero attached hydrogens (tertiary/aromatic N) is 3. The first-order valence-corrected chi connectivity index (χ1v) is 27.7. The zero-order chi connectivity index (χ0) is 54.4. The summed E-state index contributed by atoms with van der Waals surface area (Å²) in [7, 11) is 0. The van der Waals surface area contributed by atoms with Crippen LogP contribution in [0.5, 0.6) is 0 Å². The molecular formula is C64H68Cl2N10O2+2. The number of anilines is 3. The van der Waals surface area contributed by atoms with Crippen LogP contribution < -0.4 is 42.6 Å². The van der Waals surface area contributed by atoms with Crippen LogP contribution >= 0.6 is 23.2 Å². The molecule has 0 saturated carbocycles. The van der Waals surface area contributed by atoms with Gasteiger partial charge >= 0.3 is 0 Å². The number of aromatic nitrogens is 2. The molecule has 10 N–H and O–H groups in total. The normalized spacial score (nSPS) is 12.8. The molecule has 9 rings (SSSR count). The Bertz CT molecular complexity index is 3510. The third-order valence-corrected chi connectivity index (χ3v) is 14.7. The van der Waals surface area contributed by atoms with Crippen LogP contribution in [0.15, 0.2) is 174 Å². The molecule has 7 aromatic carbocycles. The molecule has 1 aliphatic carbocycles. The number of halogens is 2. The Kier molecular flexibility index (Phi) is 18.5. The molecular weight excluding hydrogens is 1010 g/mol. The van der Waals surface area contributed by atoms with Crippen molar-refractivity contribution in [3.63, 3.8) is 0 Å². The molecule has 1 heterocycles. The number of carbonyl (C=O) groups is 2. The van der Waals surface area contributed by atoms with E-state index in [0.29, 0.717) is 52.1 Å². The maximum Gasteiger partial charge on any atom is 0.251 e. The second kappa shape index (κ2) is 26.3. The zero-order valence-electron chi connectivity index (χ0n) is 44.3. The number of nitrogen functional groups attached to an aromatic ring is 2. The lowest BCUT2D eigenvalue weighted by molar-refractivity contribution is -0.538. The lowest BCUT2D eigenvalue weighted by atomic mass is 10.0. The van der Waals surface area contributed by atoms with Crippen molar-refractivity contribution in [1.29, 1.82) is 0 Å². The summed E-state index contributed by atoms with van der Waals surface area (Å²) in [6.07, 6.45) is 13.0. The second-order valence-corrected chi connectivity index (χ2v) is 20.7. The highest BCUT2D eigenvalue weighted by Crippen LogP contribution is 2.33. The number of aliphatic imine (C=N–C) groups is 1. The number of aryl methyl sites for hydroxylation is 1. The summed E-state index contributed by atoms with van der Waals surface area (Å²) in [5.74, 6) is -0.162. The van der Waals surface area contributed by atoms with Gasteiger partial charge in [-0.2, -0.15) is 0 Å². The quantitative estimate of drug-likeness (QED) is 0.0144. The van der Waals surface area contributed by atoms with E-state index in [2.05, 4.69) is 81.4 Å². The maximum atomic E-state index is 13.0. The number of carbonyl (C=O) groups excluding carboxylic acids is 2. The molecule has 398 valence electrons. The molecule has 14 heteroatoms. The summed E-state index contributed by atoms with van der Waals surface area (Å²) in [6, 6.07) is 47.3. The van der Waals surface area contributed by atoms with Crippen LogP contribution in [0, 0.1) is 6.92 Å². The SMILES string of the molecule is CC1=CC(=Nc2cc(Cl)c(N)cc2[NH2+]c2ccccc2)CC=C1NCCCCCCNC(=O)c1ccc(-c2ccc(C(=O)NCCCCCCNc3cc4c(cc3C)nc3cc(Cl)c(N)cc3[n+]4-c3ccccc3)cc2)cc1. The van der Waals surface area contributed by atoms with E-state index in [1.54, 1.807) is 0 Å². The van der Waals surface area contributed by atoms with Crippen molar-refractivity contribution in [3.8, 4) is 16.8 Å². The van der Waals surface area contributed by atoms with Crippen molar-refractivity contribution in [2.45, 2.75) is 71.6 Å². The van der Waals surface area contributed by atoms with Gasteiger partial charge < -0.3 is 32.7 Å². The Morgan fingerprint density at radius 1 is 0.615 bits per heavy atom. The van der Waals surface area contributed by atoms with E-state index in [0.717, 1.165) is 149 Å². The van der Waals surface area contributed by atoms with Crippen LogP contribution in [0.1, 0.15) is 91.0 Å². The number of amides is 2. The van der Waals surface area contributed by atoms with Crippen molar-refractivity contribution in [1.82, 2.24) is 20.9 Å². The number of unbranched alkanes of at least 4 members (excludes halogenated alkanes) is 6. The fourth-order valence-corrected chi connectivity index (χ4v) is 10.0. The molecule has 0 saturated heterocycles. The molecule has 12 nitrogen and oxygen atoms in total. The van der Waals surface area contributed by atoms with Gasteiger partial charge in [0, 0.05) is 91.2 Å². The van der Waals surface area contributed by atoms with Crippen LogP contribution in [-0.4, -0.2) is 48.7 Å². The lowest BCUT2D eigenvalue weighted by Crippen LogP contribution is -2.71. The summed E-state index contributed by atoms with van der Waals surface area (Å²) in [6.45, 7) is 7.15. The van der Waals surface area contributed by atoms with E-state index in [1.165, 1.54) is 0 Å². The maximum absolute atomic E-state index is 13.0. The van der Waals surface area contributed by atoms with Gasteiger partial charge in [0.05, 0.1) is 21.4 Å². The first-order valence-electron chi connectivity index (χ1n) is 27.0. The summed E-state index contributed by atoms with van der Waals surface area (Å²) in [5.41, 5.74) is 29.4. The van der Waals surface area contributed by atoms with Crippen LogP contribution in [-0.2, 0) is 0 Å². The number of nitrogens with one attached hydrogen (secondary N) is 4. The van der Waals surface area contributed by atoms with Gasteiger partial charge in [-0.3, -0.25) is 14.9 Å². The number of quaternary nitrogens is 1. The minimum atomic E-state index is -0.0830. The Labute approximate surface area is 467 Å². The highest BCUT2D eigenvalue weighted by molar-refractivity contribution is 6.34. The van der Waals surface area contributed by atoms with Gasteiger partial charge in [-0.25, -0.2) is 9.98 Å². The first-order chi connectivity index (χ1) is 38.0. The summed E-state index contributed by atoms with van der Waals surface area (Å²) in [4.78, 5) is 35.9. The first kappa shape index (κ1) is 54.7. The summed E-state index contributed by atoms with van der Waals surface area (Å²) < 4.78 is 2.19. The Hall–Kier alpha value is -8.03. The third-order valence-electron chi connectivity index (χ3n) is 14.0. The summed E-state index contributed by atoms with van der Waals surface area (Å²) >= 11 is 12.8. The highest BCUT2D eigenvalue weighted by Gasteiger charge is 2.23. The van der Waals surface area contributed by atoms with Crippen molar-refractivity contribution in [2.24, 2.45) is 4.99 Å². The van der Waals surface area contributed by atoms with E-state index < -0.39 is 0 Å². The minimum absolute atomic E-state index is 0.0785. The summed E-state index contributed by atoms with van der Waals surface area (Å²) in [5, 5.41) is 16.5. The molecule has 1 aromatic heterocycles. The van der Waals surface area contributed by atoms with Crippen LogP contribution in [0.3, 0.4) is 0 Å². The number of rotatable bonds is 23. The number of hydrogen-bond acceptors (Lipinski definition) is 8. The van der Waals surface area contributed by atoms with E-state index in [9.17, 15) is 9.59 Å². The molecule has 0 bridgehead atoms. The number of allylic oxidation sites excluding steroid dienone is 3. The number of hydrogen-bond donors (Lipinski definition) is 7. The molecule has 0 fully saturated rings. The van der Waals surface area contributed by atoms with Gasteiger partial charge in [0.25, 0.3) is 11.8 Å². The topological polar surface area (TPSA) is 180 Å². The predicted molar refractivity (Wildman–Crippen MR) is 322 cm³/mol. The number of para-hydroxylation sites is 2. The largest absolute Gasteiger partial charge is 0.397 e.